The summed E-state index contributed by atoms with van der Waals surface area (Å²) in [5.74, 6) is -0.426. The normalized spacial score (nSPS) is 10.5. The zero-order valence-corrected chi connectivity index (χ0v) is 14.5. The van der Waals surface area contributed by atoms with Crippen molar-refractivity contribution in [3.8, 4) is 0 Å². The number of anilines is 1. The van der Waals surface area contributed by atoms with Crippen LogP contribution in [0.4, 0.5) is 5.69 Å². The molecule has 3 aromatic rings. The van der Waals surface area contributed by atoms with E-state index in [-0.39, 0.29) is 0 Å². The summed E-state index contributed by atoms with van der Waals surface area (Å²) < 4.78 is 6.68. The summed E-state index contributed by atoms with van der Waals surface area (Å²) in [6.07, 6.45) is 3.79. The van der Waals surface area contributed by atoms with Crippen LogP contribution in [0, 0.1) is 0 Å². The van der Waals surface area contributed by atoms with Crippen LogP contribution in [0.3, 0.4) is 0 Å². The number of halogens is 1. The molecule has 0 aliphatic rings. The number of carbonyl (C=O) groups is 1. The van der Waals surface area contributed by atoms with Crippen molar-refractivity contribution in [1.29, 1.82) is 0 Å². The minimum absolute atomic E-state index is 0.409. The number of ether oxygens (including phenoxy) is 1. The number of carbonyl (C=O) groups excluding carboxylic acids is 1. The summed E-state index contributed by atoms with van der Waals surface area (Å²) in [4.78, 5) is 11.9. The molecule has 0 saturated heterocycles. The molecule has 5 nitrogen and oxygen atoms in total. The van der Waals surface area contributed by atoms with Crippen LogP contribution in [0.5, 0.6) is 0 Å². The second-order valence-electron chi connectivity index (χ2n) is 5.57. The SMILES string of the molecule is COC(=O)c1cc(Cl)ccc1NCc1cnn(Cc2ccccc2)c1. The van der Waals surface area contributed by atoms with Crippen molar-refractivity contribution >= 4 is 23.3 Å². The molecule has 128 valence electrons. The first kappa shape index (κ1) is 17.0. The van der Waals surface area contributed by atoms with E-state index in [1.54, 1.807) is 18.2 Å². The van der Waals surface area contributed by atoms with Gasteiger partial charge in [0.25, 0.3) is 0 Å². The van der Waals surface area contributed by atoms with Crippen molar-refractivity contribution in [3.63, 3.8) is 0 Å². The van der Waals surface area contributed by atoms with E-state index in [9.17, 15) is 4.79 Å². The Bertz CT molecular complexity index is 862. The molecule has 2 aromatic carbocycles. The maximum Gasteiger partial charge on any atom is 0.340 e. The number of rotatable bonds is 6. The van der Waals surface area contributed by atoms with E-state index in [1.165, 1.54) is 12.7 Å². The molecule has 0 atom stereocenters. The molecule has 1 heterocycles. The molecule has 0 saturated carbocycles. The summed E-state index contributed by atoms with van der Waals surface area (Å²) in [6, 6.07) is 15.2. The van der Waals surface area contributed by atoms with Gasteiger partial charge >= 0.3 is 5.97 Å². The lowest BCUT2D eigenvalue weighted by molar-refractivity contribution is 0.0602. The van der Waals surface area contributed by atoms with Crippen LogP contribution in [-0.2, 0) is 17.8 Å². The maximum atomic E-state index is 11.9. The Hall–Kier alpha value is -2.79. The molecule has 0 amide bonds. The van der Waals surface area contributed by atoms with Gasteiger partial charge in [-0.2, -0.15) is 5.10 Å². The number of methoxy groups -OCH3 is 1. The van der Waals surface area contributed by atoms with Gasteiger partial charge in [-0.25, -0.2) is 4.79 Å². The highest BCUT2D eigenvalue weighted by Gasteiger charge is 2.12. The molecule has 1 N–H and O–H groups in total. The molecule has 0 aliphatic carbocycles. The van der Waals surface area contributed by atoms with Crippen molar-refractivity contribution in [2.75, 3.05) is 12.4 Å². The average molecular weight is 356 g/mol. The Morgan fingerprint density at radius 2 is 2.00 bits per heavy atom. The average Bonchev–Trinajstić information content (AvgIpc) is 3.08. The van der Waals surface area contributed by atoms with Crippen LogP contribution in [-0.4, -0.2) is 22.9 Å². The van der Waals surface area contributed by atoms with Gasteiger partial charge in [0, 0.05) is 29.0 Å². The van der Waals surface area contributed by atoms with Crippen molar-refractivity contribution in [1.82, 2.24) is 9.78 Å². The molecule has 0 fully saturated rings. The van der Waals surface area contributed by atoms with Gasteiger partial charge in [-0.05, 0) is 23.8 Å². The molecule has 3 rings (SSSR count). The van der Waals surface area contributed by atoms with Crippen LogP contribution in [0.2, 0.25) is 5.02 Å². The van der Waals surface area contributed by atoms with Gasteiger partial charge in [-0.3, -0.25) is 4.68 Å². The number of nitrogens with zero attached hydrogens (tertiary/aromatic N) is 2. The van der Waals surface area contributed by atoms with Crippen molar-refractivity contribution in [2.45, 2.75) is 13.1 Å². The van der Waals surface area contributed by atoms with Crippen LogP contribution in [0.25, 0.3) is 0 Å². The first-order valence-corrected chi connectivity index (χ1v) is 8.20. The fourth-order valence-corrected chi connectivity index (χ4v) is 2.67. The van der Waals surface area contributed by atoms with Gasteiger partial charge in [-0.1, -0.05) is 41.9 Å². The molecule has 0 spiro atoms. The van der Waals surface area contributed by atoms with Crippen LogP contribution < -0.4 is 5.32 Å². The zero-order chi connectivity index (χ0) is 17.6. The summed E-state index contributed by atoms with van der Waals surface area (Å²) in [5.41, 5.74) is 3.29. The maximum absolute atomic E-state index is 11.9. The number of nitrogens with one attached hydrogen (secondary N) is 1. The first-order chi connectivity index (χ1) is 12.2. The predicted molar refractivity (Wildman–Crippen MR) is 97.9 cm³/mol. The molecular formula is C19H18ClN3O2. The molecule has 0 radical (unpaired) electrons. The Morgan fingerprint density at radius 3 is 2.76 bits per heavy atom. The number of esters is 1. The van der Waals surface area contributed by atoms with E-state index in [4.69, 9.17) is 16.3 Å². The number of hydrogen-bond acceptors (Lipinski definition) is 4. The van der Waals surface area contributed by atoms with Crippen molar-refractivity contribution in [2.24, 2.45) is 0 Å². The summed E-state index contributed by atoms with van der Waals surface area (Å²) in [7, 11) is 1.35. The molecule has 25 heavy (non-hydrogen) atoms. The largest absolute Gasteiger partial charge is 0.465 e. The van der Waals surface area contributed by atoms with E-state index >= 15 is 0 Å². The fraction of sp³-hybridized carbons (Fsp3) is 0.158. The lowest BCUT2D eigenvalue weighted by Crippen LogP contribution is -2.08. The number of benzene rings is 2. The van der Waals surface area contributed by atoms with Crippen molar-refractivity contribution in [3.05, 3.63) is 82.6 Å². The molecule has 1 aromatic heterocycles. The van der Waals surface area contributed by atoms with Gasteiger partial charge in [0.15, 0.2) is 0 Å². The Balaban J connectivity index is 1.67. The van der Waals surface area contributed by atoms with Crippen LogP contribution >= 0.6 is 11.6 Å². The minimum Gasteiger partial charge on any atom is -0.465 e. The Morgan fingerprint density at radius 1 is 1.20 bits per heavy atom. The monoisotopic (exact) mass is 355 g/mol. The first-order valence-electron chi connectivity index (χ1n) is 7.82. The summed E-state index contributed by atoms with van der Waals surface area (Å²) in [5, 5.41) is 8.10. The highest BCUT2D eigenvalue weighted by molar-refractivity contribution is 6.31. The lowest BCUT2D eigenvalue weighted by atomic mass is 10.1. The summed E-state index contributed by atoms with van der Waals surface area (Å²) >= 11 is 5.97. The smallest absolute Gasteiger partial charge is 0.340 e. The van der Waals surface area contributed by atoms with Gasteiger partial charge in [0.2, 0.25) is 0 Å². The minimum atomic E-state index is -0.426. The van der Waals surface area contributed by atoms with Gasteiger partial charge in [0.1, 0.15) is 0 Å². The zero-order valence-electron chi connectivity index (χ0n) is 13.8. The highest BCUT2D eigenvalue weighted by Crippen LogP contribution is 2.22. The fourth-order valence-electron chi connectivity index (χ4n) is 2.50. The highest BCUT2D eigenvalue weighted by atomic mass is 35.5. The lowest BCUT2D eigenvalue weighted by Gasteiger charge is -2.10. The van der Waals surface area contributed by atoms with E-state index in [1.807, 2.05) is 35.3 Å². The standard InChI is InChI=1S/C19H18ClN3O2/c1-25-19(24)17-9-16(20)7-8-18(17)21-10-15-11-22-23(13-15)12-14-5-3-2-4-6-14/h2-9,11,13,21H,10,12H2,1H3. The van der Waals surface area contributed by atoms with Crippen LogP contribution in [0.15, 0.2) is 60.9 Å². The van der Waals surface area contributed by atoms with Gasteiger partial charge < -0.3 is 10.1 Å². The summed E-state index contributed by atoms with van der Waals surface area (Å²) in [6.45, 7) is 1.26. The topological polar surface area (TPSA) is 56.1 Å². The van der Waals surface area contributed by atoms with Crippen LogP contribution in [0.1, 0.15) is 21.5 Å². The van der Waals surface area contributed by atoms with E-state index in [0.29, 0.717) is 22.8 Å². The Labute approximate surface area is 151 Å². The van der Waals surface area contributed by atoms with Gasteiger partial charge in [-0.15, -0.1) is 0 Å². The molecule has 0 unspecified atom stereocenters. The molecule has 0 bridgehead atoms. The van der Waals surface area contributed by atoms with Crippen molar-refractivity contribution < 1.29 is 9.53 Å². The van der Waals surface area contributed by atoms with Gasteiger partial charge in [0.05, 0.1) is 25.4 Å². The third-order valence-electron chi connectivity index (χ3n) is 3.74. The second kappa shape index (κ2) is 7.85. The van der Waals surface area contributed by atoms with E-state index < -0.39 is 5.97 Å². The Kier molecular flexibility index (Phi) is 5.36. The second-order valence-corrected chi connectivity index (χ2v) is 6.00. The predicted octanol–water partition coefficient (Wildman–Crippen LogP) is 3.98. The third-order valence-corrected chi connectivity index (χ3v) is 3.98. The quantitative estimate of drug-likeness (QED) is 0.679. The number of aromatic nitrogens is 2. The molecular weight excluding hydrogens is 338 g/mol. The molecule has 6 heteroatoms. The van der Waals surface area contributed by atoms with E-state index in [0.717, 1.165) is 12.1 Å². The third kappa shape index (κ3) is 4.39. The van der Waals surface area contributed by atoms with E-state index in [2.05, 4.69) is 22.5 Å². The number of hydrogen-bond donors (Lipinski definition) is 1. The molecule has 0 aliphatic heterocycles.